The summed E-state index contributed by atoms with van der Waals surface area (Å²) in [6.45, 7) is 2.92. The average Bonchev–Trinajstić information content (AvgIpc) is 2.89. The van der Waals surface area contributed by atoms with Crippen LogP contribution in [0.2, 0.25) is 0 Å². The number of rotatable bonds is 5. The second-order valence-electron chi connectivity index (χ2n) is 3.96. The molecule has 0 aliphatic rings. The van der Waals surface area contributed by atoms with Crippen LogP contribution in [-0.4, -0.2) is 6.54 Å². The zero-order chi connectivity index (χ0) is 11.9. The number of nitrogens with one attached hydrogen (secondary N) is 1. The van der Waals surface area contributed by atoms with Crippen LogP contribution in [0.15, 0.2) is 59.2 Å². The fraction of sp³-hybridized carbons (Fsp3) is 0.200. The molecule has 17 heavy (non-hydrogen) atoms. The Bertz CT molecular complexity index is 445. The summed E-state index contributed by atoms with van der Waals surface area (Å²) in [7, 11) is 0. The van der Waals surface area contributed by atoms with Gasteiger partial charge in [0.05, 0.1) is 12.3 Å². The lowest BCUT2D eigenvalue weighted by atomic mass is 10.2. The van der Waals surface area contributed by atoms with E-state index in [1.165, 1.54) is 5.56 Å². The second-order valence-corrected chi connectivity index (χ2v) is 3.96. The van der Waals surface area contributed by atoms with Gasteiger partial charge in [-0.05, 0) is 24.6 Å². The van der Waals surface area contributed by atoms with Crippen molar-refractivity contribution in [3.05, 3.63) is 66.1 Å². The Balaban J connectivity index is 1.78. The zero-order valence-electron chi connectivity index (χ0n) is 9.97. The topological polar surface area (TPSA) is 25.2 Å². The van der Waals surface area contributed by atoms with Crippen LogP contribution in [0.25, 0.3) is 6.08 Å². The minimum absolute atomic E-state index is 0.241. The molecule has 88 valence electrons. The summed E-state index contributed by atoms with van der Waals surface area (Å²) in [5.41, 5.74) is 1.22. The molecule has 0 spiro atoms. The minimum atomic E-state index is 0.241. The molecule has 2 heteroatoms. The van der Waals surface area contributed by atoms with Gasteiger partial charge in [-0.1, -0.05) is 42.5 Å². The van der Waals surface area contributed by atoms with Gasteiger partial charge in [-0.3, -0.25) is 0 Å². The molecule has 1 N–H and O–H groups in total. The van der Waals surface area contributed by atoms with Crippen molar-refractivity contribution in [2.24, 2.45) is 0 Å². The van der Waals surface area contributed by atoms with Gasteiger partial charge in [-0.25, -0.2) is 0 Å². The molecule has 0 bridgehead atoms. The molecule has 0 amide bonds. The Labute approximate surface area is 102 Å². The van der Waals surface area contributed by atoms with E-state index in [2.05, 4.69) is 36.5 Å². The summed E-state index contributed by atoms with van der Waals surface area (Å²) in [4.78, 5) is 0. The van der Waals surface area contributed by atoms with Crippen molar-refractivity contribution < 1.29 is 4.42 Å². The van der Waals surface area contributed by atoms with Crippen molar-refractivity contribution in [1.82, 2.24) is 5.32 Å². The molecule has 1 unspecified atom stereocenters. The number of hydrogen-bond donors (Lipinski definition) is 1. The van der Waals surface area contributed by atoms with E-state index in [4.69, 9.17) is 4.42 Å². The van der Waals surface area contributed by atoms with Crippen molar-refractivity contribution in [3.8, 4) is 0 Å². The highest BCUT2D eigenvalue weighted by molar-refractivity contribution is 5.48. The Kier molecular flexibility index (Phi) is 4.17. The maximum Gasteiger partial charge on any atom is 0.120 e. The molecule has 1 heterocycles. The van der Waals surface area contributed by atoms with Crippen molar-refractivity contribution >= 4 is 6.08 Å². The molecular weight excluding hydrogens is 210 g/mol. The van der Waals surface area contributed by atoms with Crippen molar-refractivity contribution in [2.45, 2.75) is 13.0 Å². The van der Waals surface area contributed by atoms with E-state index in [1.807, 2.05) is 30.3 Å². The minimum Gasteiger partial charge on any atom is -0.468 e. The predicted octanol–water partition coefficient (Wildman–Crippen LogP) is 3.64. The van der Waals surface area contributed by atoms with E-state index in [1.54, 1.807) is 6.26 Å². The highest BCUT2D eigenvalue weighted by Gasteiger charge is 2.04. The van der Waals surface area contributed by atoms with Crippen molar-refractivity contribution in [1.29, 1.82) is 0 Å². The Hall–Kier alpha value is -1.80. The quantitative estimate of drug-likeness (QED) is 0.843. The fourth-order valence-electron chi connectivity index (χ4n) is 1.64. The molecule has 1 aromatic heterocycles. The normalized spacial score (nSPS) is 13.0. The molecule has 0 radical (unpaired) electrons. The standard InChI is InChI=1S/C15H17NO/c1-13(15-10-6-12-17-15)16-11-5-9-14-7-3-2-4-8-14/h2-10,12-13,16H,11H2,1H3. The predicted molar refractivity (Wildman–Crippen MR) is 70.6 cm³/mol. The van der Waals surface area contributed by atoms with Gasteiger partial charge in [0.15, 0.2) is 0 Å². The summed E-state index contributed by atoms with van der Waals surface area (Å²) >= 11 is 0. The Morgan fingerprint density at radius 1 is 1.18 bits per heavy atom. The van der Waals surface area contributed by atoms with Gasteiger partial charge in [0, 0.05) is 6.54 Å². The van der Waals surface area contributed by atoms with Crippen LogP contribution in [0.3, 0.4) is 0 Å². The van der Waals surface area contributed by atoms with Gasteiger partial charge in [0.25, 0.3) is 0 Å². The SMILES string of the molecule is CC(NCC=Cc1ccccc1)c1ccco1. The first-order chi connectivity index (χ1) is 8.36. The average molecular weight is 227 g/mol. The van der Waals surface area contributed by atoms with Gasteiger partial charge in [0.2, 0.25) is 0 Å². The Morgan fingerprint density at radius 3 is 2.71 bits per heavy atom. The maximum absolute atomic E-state index is 5.32. The summed E-state index contributed by atoms with van der Waals surface area (Å²) < 4.78 is 5.32. The fourth-order valence-corrected chi connectivity index (χ4v) is 1.64. The molecular formula is C15H17NO. The van der Waals surface area contributed by atoms with Crippen LogP contribution in [0.5, 0.6) is 0 Å². The van der Waals surface area contributed by atoms with E-state index in [0.29, 0.717) is 0 Å². The van der Waals surface area contributed by atoms with E-state index < -0.39 is 0 Å². The monoisotopic (exact) mass is 227 g/mol. The molecule has 2 aromatic rings. The zero-order valence-corrected chi connectivity index (χ0v) is 9.97. The van der Waals surface area contributed by atoms with E-state index in [-0.39, 0.29) is 6.04 Å². The maximum atomic E-state index is 5.32. The molecule has 0 fully saturated rings. The van der Waals surface area contributed by atoms with Gasteiger partial charge < -0.3 is 9.73 Å². The molecule has 1 aromatic carbocycles. The van der Waals surface area contributed by atoms with E-state index in [0.717, 1.165) is 12.3 Å². The lowest BCUT2D eigenvalue weighted by molar-refractivity contribution is 0.442. The van der Waals surface area contributed by atoms with Crippen LogP contribution in [0.4, 0.5) is 0 Å². The summed E-state index contributed by atoms with van der Waals surface area (Å²) in [6.07, 6.45) is 5.93. The summed E-state index contributed by atoms with van der Waals surface area (Å²) in [5.74, 6) is 0.970. The summed E-state index contributed by atoms with van der Waals surface area (Å²) in [5, 5.41) is 3.37. The van der Waals surface area contributed by atoms with Gasteiger partial charge in [-0.2, -0.15) is 0 Å². The van der Waals surface area contributed by atoms with E-state index in [9.17, 15) is 0 Å². The number of furan rings is 1. The van der Waals surface area contributed by atoms with Crippen LogP contribution < -0.4 is 5.32 Å². The van der Waals surface area contributed by atoms with Crippen LogP contribution in [0, 0.1) is 0 Å². The van der Waals surface area contributed by atoms with Crippen LogP contribution in [-0.2, 0) is 0 Å². The lowest BCUT2D eigenvalue weighted by Gasteiger charge is -2.08. The smallest absolute Gasteiger partial charge is 0.120 e. The highest BCUT2D eigenvalue weighted by Crippen LogP contribution is 2.11. The summed E-state index contributed by atoms with van der Waals surface area (Å²) in [6, 6.07) is 14.4. The third-order valence-corrected chi connectivity index (χ3v) is 2.62. The third kappa shape index (κ3) is 3.61. The molecule has 2 nitrogen and oxygen atoms in total. The first kappa shape index (κ1) is 11.7. The molecule has 0 saturated carbocycles. The van der Waals surface area contributed by atoms with Crippen LogP contribution >= 0.6 is 0 Å². The third-order valence-electron chi connectivity index (χ3n) is 2.62. The molecule has 1 atom stereocenters. The number of hydrogen-bond acceptors (Lipinski definition) is 2. The first-order valence-electron chi connectivity index (χ1n) is 5.84. The molecule has 2 rings (SSSR count). The van der Waals surface area contributed by atoms with Gasteiger partial charge in [0.1, 0.15) is 5.76 Å². The second kappa shape index (κ2) is 6.06. The van der Waals surface area contributed by atoms with Gasteiger partial charge in [-0.15, -0.1) is 0 Å². The van der Waals surface area contributed by atoms with Crippen molar-refractivity contribution in [3.63, 3.8) is 0 Å². The number of benzene rings is 1. The van der Waals surface area contributed by atoms with E-state index >= 15 is 0 Å². The molecule has 0 aliphatic carbocycles. The van der Waals surface area contributed by atoms with Crippen LogP contribution in [0.1, 0.15) is 24.3 Å². The lowest BCUT2D eigenvalue weighted by Crippen LogP contribution is -2.17. The molecule has 0 aliphatic heterocycles. The largest absolute Gasteiger partial charge is 0.468 e. The first-order valence-corrected chi connectivity index (χ1v) is 5.84. The highest BCUT2D eigenvalue weighted by atomic mass is 16.3. The van der Waals surface area contributed by atoms with Gasteiger partial charge >= 0.3 is 0 Å². The molecule has 0 saturated heterocycles. The van der Waals surface area contributed by atoms with Crippen molar-refractivity contribution in [2.75, 3.05) is 6.54 Å². The Morgan fingerprint density at radius 2 is 2.00 bits per heavy atom.